The molecule has 0 saturated carbocycles. The topological polar surface area (TPSA) is 35.5 Å². The van der Waals surface area contributed by atoms with Gasteiger partial charge in [-0.05, 0) is 62.5 Å². The third kappa shape index (κ3) is 3.97. The van der Waals surface area contributed by atoms with Crippen molar-refractivity contribution in [1.29, 1.82) is 0 Å². The first-order chi connectivity index (χ1) is 9.45. The van der Waals surface area contributed by atoms with Gasteiger partial charge >= 0.3 is 0 Å². The second kappa shape index (κ2) is 6.59. The lowest BCUT2D eigenvalue weighted by atomic mass is 10.0. The molecule has 0 heterocycles. The van der Waals surface area contributed by atoms with Crippen molar-refractivity contribution in [1.82, 2.24) is 10.2 Å². The molecule has 2 unspecified atom stereocenters. The summed E-state index contributed by atoms with van der Waals surface area (Å²) in [6, 6.07) is 6.77. The van der Waals surface area contributed by atoms with E-state index in [0.29, 0.717) is 23.8 Å². The Kier molecular flexibility index (Phi) is 5.06. The van der Waals surface area contributed by atoms with Gasteiger partial charge in [0, 0.05) is 18.6 Å². The first-order valence-electron chi connectivity index (χ1n) is 7.68. The third-order valence-corrected chi connectivity index (χ3v) is 3.98. The van der Waals surface area contributed by atoms with Crippen LogP contribution < -0.4 is 5.32 Å². The van der Waals surface area contributed by atoms with E-state index in [1.807, 2.05) is 12.1 Å². The van der Waals surface area contributed by atoms with Crippen LogP contribution in [0.3, 0.4) is 0 Å². The second-order valence-electron chi connectivity index (χ2n) is 6.73. The van der Waals surface area contributed by atoms with E-state index < -0.39 is 0 Å². The molecule has 0 bridgehead atoms. The van der Waals surface area contributed by atoms with Crippen molar-refractivity contribution in [3.05, 3.63) is 29.3 Å². The molecule has 112 valence electrons. The lowest BCUT2D eigenvalue weighted by Gasteiger charge is -2.27. The molecule has 0 radical (unpaired) electrons. The summed E-state index contributed by atoms with van der Waals surface area (Å²) in [5.41, 5.74) is 2.67. The van der Waals surface area contributed by atoms with E-state index in [2.05, 4.69) is 44.2 Å². The predicted octanol–water partition coefficient (Wildman–Crippen LogP) is 2.95. The highest BCUT2D eigenvalue weighted by Crippen LogP contribution is 2.33. The van der Waals surface area contributed by atoms with E-state index >= 15 is 0 Å². The fraction of sp³-hybridized carbons (Fsp3) is 0.647. The maximum atomic E-state index is 9.58. The summed E-state index contributed by atoms with van der Waals surface area (Å²) in [6.07, 6.45) is 3.40. The molecule has 2 N–H and O–H groups in total. The summed E-state index contributed by atoms with van der Waals surface area (Å²) >= 11 is 0. The first kappa shape index (κ1) is 15.3. The van der Waals surface area contributed by atoms with Crippen LogP contribution in [0.1, 0.15) is 43.9 Å². The van der Waals surface area contributed by atoms with Gasteiger partial charge in [0.1, 0.15) is 5.75 Å². The van der Waals surface area contributed by atoms with Gasteiger partial charge in [0.25, 0.3) is 0 Å². The smallest absolute Gasteiger partial charge is 0.115 e. The number of aromatic hydroxyl groups is 1. The number of phenols is 1. The van der Waals surface area contributed by atoms with Crippen molar-refractivity contribution in [2.75, 3.05) is 20.6 Å². The molecule has 3 heteroatoms. The van der Waals surface area contributed by atoms with Gasteiger partial charge in [-0.1, -0.05) is 19.9 Å². The second-order valence-corrected chi connectivity index (χ2v) is 6.73. The lowest BCUT2D eigenvalue weighted by molar-refractivity contribution is 0.286. The predicted molar refractivity (Wildman–Crippen MR) is 84.1 cm³/mol. The van der Waals surface area contributed by atoms with Crippen molar-refractivity contribution < 1.29 is 5.11 Å². The first-order valence-corrected chi connectivity index (χ1v) is 7.68. The van der Waals surface area contributed by atoms with Crippen molar-refractivity contribution >= 4 is 0 Å². The minimum Gasteiger partial charge on any atom is -0.508 e. The number of fused-ring (bicyclic) bond motifs is 1. The fourth-order valence-corrected chi connectivity index (χ4v) is 3.27. The number of rotatable bonds is 6. The minimum atomic E-state index is 0.386. The SMILES string of the molecule is CC(C)CC(CN(C)C)NC1CCc2cc(O)ccc21. The Morgan fingerprint density at radius 3 is 2.75 bits per heavy atom. The highest BCUT2D eigenvalue weighted by molar-refractivity contribution is 5.40. The van der Waals surface area contributed by atoms with E-state index in [1.54, 1.807) is 0 Å². The Balaban J connectivity index is 2.05. The fourth-order valence-electron chi connectivity index (χ4n) is 3.27. The lowest BCUT2D eigenvalue weighted by Crippen LogP contribution is -2.40. The minimum absolute atomic E-state index is 0.386. The Morgan fingerprint density at radius 1 is 1.35 bits per heavy atom. The van der Waals surface area contributed by atoms with Crippen LogP contribution in [-0.4, -0.2) is 36.7 Å². The highest BCUT2D eigenvalue weighted by Gasteiger charge is 2.25. The average molecular weight is 276 g/mol. The monoisotopic (exact) mass is 276 g/mol. The zero-order valence-corrected chi connectivity index (χ0v) is 13.2. The number of nitrogens with zero attached hydrogens (tertiary/aromatic N) is 1. The van der Waals surface area contributed by atoms with Gasteiger partial charge < -0.3 is 15.3 Å². The Labute approximate surface area is 123 Å². The van der Waals surface area contributed by atoms with Crippen LogP contribution in [0.4, 0.5) is 0 Å². The summed E-state index contributed by atoms with van der Waals surface area (Å²) in [5.74, 6) is 1.09. The molecule has 20 heavy (non-hydrogen) atoms. The van der Waals surface area contributed by atoms with Gasteiger partial charge in [0.15, 0.2) is 0 Å². The molecule has 0 fully saturated rings. The van der Waals surface area contributed by atoms with Crippen molar-refractivity contribution in [3.8, 4) is 5.75 Å². The Hall–Kier alpha value is -1.06. The van der Waals surface area contributed by atoms with Crippen LogP contribution in [0.25, 0.3) is 0 Å². The Morgan fingerprint density at radius 2 is 2.10 bits per heavy atom. The molecule has 3 nitrogen and oxygen atoms in total. The van der Waals surface area contributed by atoms with Crippen molar-refractivity contribution in [2.45, 2.75) is 45.2 Å². The largest absolute Gasteiger partial charge is 0.508 e. The zero-order chi connectivity index (χ0) is 14.7. The van der Waals surface area contributed by atoms with Gasteiger partial charge in [0.2, 0.25) is 0 Å². The molecule has 1 aliphatic carbocycles. The quantitative estimate of drug-likeness (QED) is 0.838. The van der Waals surface area contributed by atoms with Crippen molar-refractivity contribution in [2.24, 2.45) is 5.92 Å². The third-order valence-electron chi connectivity index (χ3n) is 3.98. The van der Waals surface area contributed by atoms with Gasteiger partial charge in [-0.15, -0.1) is 0 Å². The normalized spacial score (nSPS) is 19.6. The number of likely N-dealkylation sites (N-methyl/N-ethyl adjacent to an activating group) is 1. The highest BCUT2D eigenvalue weighted by atomic mass is 16.3. The summed E-state index contributed by atoms with van der Waals surface area (Å²) in [4.78, 5) is 2.26. The molecule has 0 amide bonds. The summed E-state index contributed by atoms with van der Waals surface area (Å²) < 4.78 is 0. The number of nitrogens with one attached hydrogen (secondary N) is 1. The van der Waals surface area contributed by atoms with Crippen LogP contribution in [0, 0.1) is 5.92 Å². The molecule has 0 spiro atoms. The molecule has 2 rings (SSSR count). The maximum absolute atomic E-state index is 9.58. The van der Waals surface area contributed by atoms with Gasteiger partial charge in [0.05, 0.1) is 0 Å². The van der Waals surface area contributed by atoms with Crippen LogP contribution in [-0.2, 0) is 6.42 Å². The number of hydrogen-bond acceptors (Lipinski definition) is 3. The number of aryl methyl sites for hydroxylation is 1. The number of phenolic OH excluding ortho intramolecular Hbond substituents is 1. The summed E-state index contributed by atoms with van der Waals surface area (Å²) in [6.45, 7) is 5.64. The van der Waals surface area contributed by atoms with Crippen LogP contribution >= 0.6 is 0 Å². The number of benzene rings is 1. The molecule has 0 aromatic heterocycles. The zero-order valence-electron chi connectivity index (χ0n) is 13.2. The molecule has 1 aliphatic rings. The van der Waals surface area contributed by atoms with E-state index in [1.165, 1.54) is 17.5 Å². The van der Waals surface area contributed by atoms with Gasteiger partial charge in [-0.25, -0.2) is 0 Å². The van der Waals surface area contributed by atoms with E-state index in [-0.39, 0.29) is 0 Å². The van der Waals surface area contributed by atoms with E-state index in [9.17, 15) is 5.11 Å². The molecule has 1 aromatic carbocycles. The van der Waals surface area contributed by atoms with Crippen LogP contribution in [0.2, 0.25) is 0 Å². The number of hydrogen-bond donors (Lipinski definition) is 2. The standard InChI is InChI=1S/C17H28N2O/c1-12(2)9-14(11-19(3)4)18-17-8-5-13-10-15(20)6-7-16(13)17/h6-7,10,12,14,17-18,20H,5,8-9,11H2,1-4H3. The van der Waals surface area contributed by atoms with Crippen LogP contribution in [0.5, 0.6) is 5.75 Å². The van der Waals surface area contributed by atoms with Crippen LogP contribution in [0.15, 0.2) is 18.2 Å². The van der Waals surface area contributed by atoms with E-state index in [0.717, 1.165) is 19.4 Å². The Bertz CT molecular complexity index is 433. The molecular formula is C17H28N2O. The molecular weight excluding hydrogens is 248 g/mol. The molecule has 0 saturated heterocycles. The van der Waals surface area contributed by atoms with E-state index in [4.69, 9.17) is 0 Å². The maximum Gasteiger partial charge on any atom is 0.115 e. The van der Waals surface area contributed by atoms with Gasteiger partial charge in [-0.3, -0.25) is 0 Å². The molecule has 0 aliphatic heterocycles. The van der Waals surface area contributed by atoms with Gasteiger partial charge in [-0.2, -0.15) is 0 Å². The molecule has 2 atom stereocenters. The van der Waals surface area contributed by atoms with Crippen molar-refractivity contribution in [3.63, 3.8) is 0 Å². The molecule has 1 aromatic rings. The average Bonchev–Trinajstić information content (AvgIpc) is 2.69. The summed E-state index contributed by atoms with van der Waals surface area (Å²) in [7, 11) is 4.27. The summed E-state index contributed by atoms with van der Waals surface area (Å²) in [5, 5.41) is 13.4.